The average Bonchev–Trinajstić information content (AvgIpc) is 3.71. The fourth-order valence-electron chi connectivity index (χ4n) is 7.47. The first kappa shape index (κ1) is 25.9. The van der Waals surface area contributed by atoms with Gasteiger partial charge in [0.25, 0.3) is 11.8 Å². The summed E-state index contributed by atoms with van der Waals surface area (Å²) in [7, 11) is 0. The number of benzene rings is 3. The van der Waals surface area contributed by atoms with Crippen LogP contribution in [0.4, 0.5) is 17.1 Å². The first-order chi connectivity index (χ1) is 19.9. The Kier molecular flexibility index (Phi) is 6.03. The van der Waals surface area contributed by atoms with Gasteiger partial charge in [-0.2, -0.15) is 0 Å². The average molecular weight is 552 g/mol. The maximum absolute atomic E-state index is 14.1. The lowest BCUT2D eigenvalue weighted by atomic mass is 9.82. The van der Waals surface area contributed by atoms with E-state index in [0.29, 0.717) is 30.8 Å². The summed E-state index contributed by atoms with van der Waals surface area (Å²) in [5.74, 6) is -0.518. The summed E-state index contributed by atoms with van der Waals surface area (Å²) in [6.45, 7) is 6.77. The van der Waals surface area contributed by atoms with Crippen LogP contribution in [-0.4, -0.2) is 59.6 Å². The van der Waals surface area contributed by atoms with Gasteiger partial charge in [0.15, 0.2) is 5.60 Å². The number of rotatable bonds is 6. The summed E-state index contributed by atoms with van der Waals surface area (Å²) in [5, 5.41) is 11.6. The van der Waals surface area contributed by atoms with Gasteiger partial charge in [-0.25, -0.2) is 0 Å². The molecule has 4 aliphatic heterocycles. The lowest BCUT2D eigenvalue weighted by Crippen LogP contribution is -2.44. The molecule has 3 aromatic rings. The second kappa shape index (κ2) is 9.53. The smallest absolute Gasteiger partial charge is 0.264 e. The Balaban J connectivity index is 1.27. The number of aliphatic hydroxyl groups excluding tert-OH is 1. The molecule has 210 valence electrons. The molecule has 41 heavy (non-hydrogen) atoms. The zero-order chi connectivity index (χ0) is 28.5. The van der Waals surface area contributed by atoms with Crippen LogP contribution in [0.2, 0.25) is 0 Å². The van der Waals surface area contributed by atoms with Crippen LogP contribution in [0.3, 0.4) is 0 Å². The fourth-order valence-corrected chi connectivity index (χ4v) is 7.47. The van der Waals surface area contributed by atoms with Gasteiger partial charge in [0, 0.05) is 35.6 Å². The van der Waals surface area contributed by atoms with Crippen LogP contribution in [0.25, 0.3) is 10.8 Å². The van der Waals surface area contributed by atoms with Crippen molar-refractivity contribution in [2.75, 3.05) is 29.5 Å². The standard InChI is InChI=1S/C33H33N3O5/c1-3-14-35-27-13-12-22(36-28-11-5-8-21-7-4-10-25(30(21)28)31(36)39)17-26(27)33(32(35)40)20(2)16-24(41-33)18-29(38)34-15-6-9-23(34)19-37/h3-5,7-8,10-13,17,20,23-24,37H,1,6,9,14-16,18-19H2,2H3/t20-,23+,24-,33+/m1/s1. The number of carbonyl (C=O) groups excluding carboxylic acids is 3. The summed E-state index contributed by atoms with van der Waals surface area (Å²) < 4.78 is 6.66. The number of hydrogen-bond donors (Lipinski definition) is 1. The van der Waals surface area contributed by atoms with Gasteiger partial charge < -0.3 is 19.6 Å². The Morgan fingerprint density at radius 1 is 1.15 bits per heavy atom. The normalized spacial score (nSPS) is 26.6. The van der Waals surface area contributed by atoms with E-state index in [9.17, 15) is 19.5 Å². The molecule has 0 unspecified atom stereocenters. The van der Waals surface area contributed by atoms with Crippen molar-refractivity contribution in [3.63, 3.8) is 0 Å². The molecule has 2 saturated heterocycles. The highest BCUT2D eigenvalue weighted by Gasteiger charge is 2.60. The van der Waals surface area contributed by atoms with E-state index in [0.717, 1.165) is 40.6 Å². The van der Waals surface area contributed by atoms with E-state index in [1.54, 1.807) is 20.8 Å². The summed E-state index contributed by atoms with van der Waals surface area (Å²) in [6.07, 6.45) is 3.64. The molecule has 2 fully saturated rings. The molecule has 4 atom stereocenters. The molecule has 4 heterocycles. The molecule has 8 heteroatoms. The largest absolute Gasteiger partial charge is 0.394 e. The topological polar surface area (TPSA) is 90.4 Å². The molecule has 0 saturated carbocycles. The Morgan fingerprint density at radius 3 is 2.73 bits per heavy atom. The Hall–Kier alpha value is -4.01. The van der Waals surface area contributed by atoms with Crippen molar-refractivity contribution in [1.82, 2.24) is 4.90 Å². The lowest BCUT2D eigenvalue weighted by molar-refractivity contribution is -0.149. The van der Waals surface area contributed by atoms with Gasteiger partial charge in [-0.1, -0.05) is 37.3 Å². The minimum absolute atomic E-state index is 0.0461. The van der Waals surface area contributed by atoms with Crippen LogP contribution in [0.1, 0.15) is 48.5 Å². The van der Waals surface area contributed by atoms with E-state index >= 15 is 0 Å². The number of anilines is 3. The van der Waals surface area contributed by atoms with Gasteiger partial charge in [-0.15, -0.1) is 6.58 Å². The Bertz CT molecular complexity index is 1610. The highest BCUT2D eigenvalue weighted by molar-refractivity contribution is 6.28. The molecule has 0 bridgehead atoms. The van der Waals surface area contributed by atoms with Crippen LogP contribution in [0.5, 0.6) is 0 Å². The number of ether oxygens (including phenoxy) is 1. The van der Waals surface area contributed by atoms with E-state index in [-0.39, 0.29) is 42.7 Å². The van der Waals surface area contributed by atoms with Crippen LogP contribution in [0, 0.1) is 5.92 Å². The molecule has 4 aliphatic rings. The van der Waals surface area contributed by atoms with Crippen LogP contribution in [-0.2, 0) is 19.9 Å². The number of fused-ring (bicyclic) bond motifs is 2. The van der Waals surface area contributed by atoms with Gasteiger partial charge in [-0.05, 0) is 55.0 Å². The fraction of sp³-hybridized carbons (Fsp3) is 0.364. The zero-order valence-electron chi connectivity index (χ0n) is 23.1. The van der Waals surface area contributed by atoms with Gasteiger partial charge in [0.2, 0.25) is 5.91 Å². The van der Waals surface area contributed by atoms with Crippen molar-refractivity contribution >= 4 is 45.6 Å². The second-order valence-corrected chi connectivity index (χ2v) is 11.6. The SMILES string of the molecule is C=CCN1C(=O)[C@@]2(O[C@@H](CC(=O)N3CCC[C@H]3CO)C[C@H]2C)c2cc(N3C(=O)c4cccc5cccc3c45)ccc21. The van der Waals surface area contributed by atoms with E-state index in [4.69, 9.17) is 4.74 Å². The Morgan fingerprint density at radius 2 is 1.95 bits per heavy atom. The number of amides is 3. The van der Waals surface area contributed by atoms with Crippen molar-refractivity contribution in [2.24, 2.45) is 5.92 Å². The number of nitrogens with zero attached hydrogens (tertiary/aromatic N) is 3. The first-order valence-electron chi connectivity index (χ1n) is 14.4. The molecule has 8 nitrogen and oxygen atoms in total. The third kappa shape index (κ3) is 3.63. The van der Waals surface area contributed by atoms with Crippen LogP contribution >= 0.6 is 0 Å². The predicted octanol–water partition coefficient (Wildman–Crippen LogP) is 4.66. The monoisotopic (exact) mass is 551 g/mol. The summed E-state index contributed by atoms with van der Waals surface area (Å²) in [4.78, 5) is 46.2. The third-order valence-corrected chi connectivity index (χ3v) is 9.33. The van der Waals surface area contributed by atoms with Gasteiger partial charge in [0.05, 0.1) is 42.1 Å². The third-order valence-electron chi connectivity index (χ3n) is 9.33. The maximum atomic E-state index is 14.1. The first-order valence-corrected chi connectivity index (χ1v) is 14.4. The van der Waals surface area contributed by atoms with Crippen LogP contribution < -0.4 is 9.80 Å². The van der Waals surface area contributed by atoms with Crippen molar-refractivity contribution in [1.29, 1.82) is 0 Å². The van der Waals surface area contributed by atoms with E-state index in [1.807, 2.05) is 61.5 Å². The summed E-state index contributed by atoms with van der Waals surface area (Å²) in [5.41, 5.74) is 2.34. The molecule has 3 amide bonds. The zero-order valence-corrected chi connectivity index (χ0v) is 23.1. The molecular weight excluding hydrogens is 518 g/mol. The molecular formula is C33H33N3O5. The summed E-state index contributed by atoms with van der Waals surface area (Å²) >= 11 is 0. The van der Waals surface area contributed by atoms with E-state index < -0.39 is 11.7 Å². The minimum atomic E-state index is -1.26. The van der Waals surface area contributed by atoms with E-state index in [1.165, 1.54) is 0 Å². The Labute approximate surface area is 238 Å². The lowest BCUT2D eigenvalue weighted by Gasteiger charge is -2.29. The van der Waals surface area contributed by atoms with E-state index in [2.05, 4.69) is 6.58 Å². The quantitative estimate of drug-likeness (QED) is 0.450. The number of carbonyl (C=O) groups is 3. The summed E-state index contributed by atoms with van der Waals surface area (Å²) in [6, 6.07) is 17.2. The molecule has 1 spiro atoms. The van der Waals surface area contributed by atoms with Crippen molar-refractivity contribution in [3.8, 4) is 0 Å². The van der Waals surface area contributed by atoms with Gasteiger partial charge >= 0.3 is 0 Å². The number of likely N-dealkylation sites (tertiary alicyclic amines) is 1. The minimum Gasteiger partial charge on any atom is -0.394 e. The predicted molar refractivity (Wildman–Crippen MR) is 156 cm³/mol. The highest BCUT2D eigenvalue weighted by Crippen LogP contribution is 2.55. The molecule has 3 aromatic carbocycles. The second-order valence-electron chi connectivity index (χ2n) is 11.6. The van der Waals surface area contributed by atoms with Crippen molar-refractivity contribution in [3.05, 3.63) is 78.4 Å². The highest BCUT2D eigenvalue weighted by atomic mass is 16.5. The van der Waals surface area contributed by atoms with Gasteiger partial charge in [0.1, 0.15) is 0 Å². The number of hydrogen-bond acceptors (Lipinski definition) is 5. The molecule has 1 N–H and O–H groups in total. The van der Waals surface area contributed by atoms with Crippen LogP contribution in [0.15, 0.2) is 67.3 Å². The molecule has 0 radical (unpaired) electrons. The van der Waals surface area contributed by atoms with Crippen molar-refractivity contribution < 1.29 is 24.2 Å². The molecule has 0 aromatic heterocycles. The number of aliphatic hydroxyl groups is 1. The van der Waals surface area contributed by atoms with Crippen molar-refractivity contribution in [2.45, 2.75) is 50.4 Å². The van der Waals surface area contributed by atoms with Gasteiger partial charge in [-0.3, -0.25) is 19.3 Å². The molecule has 0 aliphatic carbocycles. The maximum Gasteiger partial charge on any atom is 0.264 e. The molecule has 7 rings (SSSR count).